The Morgan fingerprint density at radius 3 is 2.67 bits per heavy atom. The Morgan fingerprint density at radius 2 is 2.13 bits per heavy atom. The highest BCUT2D eigenvalue weighted by molar-refractivity contribution is 7.80. The van der Waals surface area contributed by atoms with Crippen LogP contribution < -0.4 is 10.6 Å². The third-order valence-electron chi connectivity index (χ3n) is 2.28. The maximum absolute atomic E-state index is 5.20. The zero-order chi connectivity index (χ0) is 11.5. The minimum atomic E-state index is 0.512. The van der Waals surface area contributed by atoms with Crippen LogP contribution in [-0.4, -0.2) is 31.4 Å². The molecule has 0 aromatic rings. The van der Waals surface area contributed by atoms with E-state index in [1.807, 2.05) is 0 Å². The van der Waals surface area contributed by atoms with Crippen LogP contribution in [0.2, 0.25) is 0 Å². The van der Waals surface area contributed by atoms with E-state index in [2.05, 4.69) is 24.5 Å². The summed E-state index contributed by atoms with van der Waals surface area (Å²) in [7, 11) is 1.71. The zero-order valence-corrected chi connectivity index (χ0v) is 11.0. The van der Waals surface area contributed by atoms with E-state index in [0.29, 0.717) is 6.04 Å². The fourth-order valence-electron chi connectivity index (χ4n) is 1.38. The van der Waals surface area contributed by atoms with Crippen molar-refractivity contribution in [2.75, 3.05) is 20.3 Å². The Hall–Kier alpha value is -0.350. The largest absolute Gasteiger partial charge is 0.385 e. The topological polar surface area (TPSA) is 33.3 Å². The summed E-state index contributed by atoms with van der Waals surface area (Å²) in [5.41, 5.74) is 0. The first-order valence-electron chi connectivity index (χ1n) is 5.77. The van der Waals surface area contributed by atoms with Crippen LogP contribution in [0.15, 0.2) is 0 Å². The van der Waals surface area contributed by atoms with Gasteiger partial charge in [0, 0.05) is 26.3 Å². The molecular weight excluding hydrogens is 208 g/mol. The molecule has 0 aliphatic heterocycles. The number of nitrogens with one attached hydrogen (secondary N) is 2. The summed E-state index contributed by atoms with van der Waals surface area (Å²) < 4.78 is 4.96. The first kappa shape index (κ1) is 14.6. The third kappa shape index (κ3) is 8.63. The second-order valence-corrected chi connectivity index (χ2v) is 4.05. The first-order valence-corrected chi connectivity index (χ1v) is 6.18. The van der Waals surface area contributed by atoms with Gasteiger partial charge >= 0.3 is 0 Å². The van der Waals surface area contributed by atoms with Crippen molar-refractivity contribution in [2.24, 2.45) is 0 Å². The van der Waals surface area contributed by atoms with Gasteiger partial charge in [-0.15, -0.1) is 0 Å². The summed E-state index contributed by atoms with van der Waals surface area (Å²) in [6.45, 7) is 6.03. The predicted molar refractivity (Wildman–Crippen MR) is 69.2 cm³/mol. The molecule has 0 saturated heterocycles. The molecule has 2 N–H and O–H groups in total. The summed E-state index contributed by atoms with van der Waals surface area (Å²) in [6, 6.07) is 0.512. The lowest BCUT2D eigenvalue weighted by Crippen LogP contribution is -2.42. The number of hydrogen-bond acceptors (Lipinski definition) is 2. The Kier molecular flexibility index (Phi) is 9.94. The molecule has 1 unspecified atom stereocenters. The fourth-order valence-corrected chi connectivity index (χ4v) is 1.65. The molecule has 3 nitrogen and oxygen atoms in total. The average molecular weight is 232 g/mol. The average Bonchev–Trinajstić information content (AvgIpc) is 2.24. The van der Waals surface area contributed by atoms with Crippen molar-refractivity contribution >= 4 is 17.3 Å². The van der Waals surface area contributed by atoms with Gasteiger partial charge in [-0.05, 0) is 31.5 Å². The maximum Gasteiger partial charge on any atom is 0.166 e. The van der Waals surface area contributed by atoms with E-state index in [9.17, 15) is 0 Å². The summed E-state index contributed by atoms with van der Waals surface area (Å²) in [4.78, 5) is 0. The molecule has 0 spiro atoms. The van der Waals surface area contributed by atoms with Gasteiger partial charge in [0.05, 0.1) is 0 Å². The Bertz CT molecular complexity index is 165. The summed E-state index contributed by atoms with van der Waals surface area (Å²) in [5.74, 6) is 0. The Labute approximate surface area is 99.0 Å². The van der Waals surface area contributed by atoms with Gasteiger partial charge in [-0.2, -0.15) is 0 Å². The standard InChI is InChI=1S/C11H24N2OS/c1-4-7-10(5-2)13-11(15)12-8-6-9-14-3/h10H,4-9H2,1-3H3,(H2,12,13,15). The van der Waals surface area contributed by atoms with Crippen molar-refractivity contribution in [3.05, 3.63) is 0 Å². The van der Waals surface area contributed by atoms with E-state index < -0.39 is 0 Å². The molecule has 0 aromatic carbocycles. The normalized spacial score (nSPS) is 12.2. The Morgan fingerprint density at radius 1 is 1.40 bits per heavy atom. The van der Waals surface area contributed by atoms with Gasteiger partial charge in [-0.3, -0.25) is 0 Å². The van der Waals surface area contributed by atoms with Crippen LogP contribution in [-0.2, 0) is 4.74 Å². The lowest BCUT2D eigenvalue weighted by atomic mass is 10.1. The number of hydrogen-bond donors (Lipinski definition) is 2. The molecule has 90 valence electrons. The lowest BCUT2D eigenvalue weighted by Gasteiger charge is -2.18. The van der Waals surface area contributed by atoms with E-state index in [4.69, 9.17) is 17.0 Å². The van der Waals surface area contributed by atoms with Crippen molar-refractivity contribution in [1.29, 1.82) is 0 Å². The molecule has 0 aromatic heterocycles. The molecule has 0 fully saturated rings. The highest BCUT2D eigenvalue weighted by atomic mass is 32.1. The predicted octanol–water partition coefficient (Wildman–Crippen LogP) is 2.07. The van der Waals surface area contributed by atoms with Crippen molar-refractivity contribution in [3.8, 4) is 0 Å². The molecular formula is C11H24N2OS. The summed E-state index contributed by atoms with van der Waals surface area (Å²) in [5, 5.41) is 7.27. The van der Waals surface area contributed by atoms with Crippen LogP contribution in [0, 0.1) is 0 Å². The Balaban J connectivity index is 3.52. The lowest BCUT2D eigenvalue weighted by molar-refractivity contribution is 0.195. The van der Waals surface area contributed by atoms with Crippen LogP contribution in [0.5, 0.6) is 0 Å². The molecule has 0 aliphatic carbocycles. The first-order chi connectivity index (χ1) is 7.24. The van der Waals surface area contributed by atoms with Crippen molar-refractivity contribution in [1.82, 2.24) is 10.6 Å². The third-order valence-corrected chi connectivity index (χ3v) is 2.54. The van der Waals surface area contributed by atoms with Gasteiger partial charge in [0.25, 0.3) is 0 Å². The minimum Gasteiger partial charge on any atom is -0.385 e. The fraction of sp³-hybridized carbons (Fsp3) is 0.909. The summed E-state index contributed by atoms with van der Waals surface area (Å²) in [6.07, 6.45) is 4.48. The van der Waals surface area contributed by atoms with E-state index >= 15 is 0 Å². The van der Waals surface area contributed by atoms with Crippen molar-refractivity contribution in [3.63, 3.8) is 0 Å². The number of thiocarbonyl (C=S) groups is 1. The van der Waals surface area contributed by atoms with Crippen molar-refractivity contribution in [2.45, 2.75) is 45.6 Å². The van der Waals surface area contributed by atoms with Gasteiger partial charge in [0.15, 0.2) is 5.11 Å². The van der Waals surface area contributed by atoms with Gasteiger partial charge in [-0.25, -0.2) is 0 Å². The molecule has 0 radical (unpaired) electrons. The molecule has 0 rings (SSSR count). The molecule has 0 bridgehead atoms. The molecule has 0 aliphatic rings. The van der Waals surface area contributed by atoms with E-state index in [0.717, 1.165) is 31.1 Å². The summed E-state index contributed by atoms with van der Waals surface area (Å²) >= 11 is 5.20. The van der Waals surface area contributed by atoms with Gasteiger partial charge in [-0.1, -0.05) is 20.3 Å². The monoisotopic (exact) mass is 232 g/mol. The SMILES string of the molecule is CCCC(CC)NC(=S)NCCCOC. The van der Waals surface area contributed by atoms with Crippen molar-refractivity contribution < 1.29 is 4.74 Å². The molecule has 0 saturated carbocycles. The maximum atomic E-state index is 5.20. The highest BCUT2D eigenvalue weighted by Gasteiger charge is 2.05. The number of methoxy groups -OCH3 is 1. The molecule has 0 amide bonds. The van der Waals surface area contributed by atoms with Crippen LogP contribution in [0.3, 0.4) is 0 Å². The minimum absolute atomic E-state index is 0.512. The number of rotatable bonds is 8. The van der Waals surface area contributed by atoms with Crippen LogP contribution >= 0.6 is 12.2 Å². The zero-order valence-electron chi connectivity index (χ0n) is 10.1. The van der Waals surface area contributed by atoms with Gasteiger partial charge < -0.3 is 15.4 Å². The van der Waals surface area contributed by atoms with Crippen LogP contribution in [0.1, 0.15) is 39.5 Å². The smallest absolute Gasteiger partial charge is 0.166 e. The molecule has 15 heavy (non-hydrogen) atoms. The highest BCUT2D eigenvalue weighted by Crippen LogP contribution is 2.00. The van der Waals surface area contributed by atoms with Crippen LogP contribution in [0.4, 0.5) is 0 Å². The quantitative estimate of drug-likeness (QED) is 0.496. The second kappa shape index (κ2) is 10.2. The van der Waals surface area contributed by atoms with Crippen LogP contribution in [0.25, 0.3) is 0 Å². The van der Waals surface area contributed by atoms with Gasteiger partial charge in [0.1, 0.15) is 0 Å². The number of ether oxygens (including phenoxy) is 1. The molecule has 4 heteroatoms. The molecule has 1 atom stereocenters. The second-order valence-electron chi connectivity index (χ2n) is 3.64. The van der Waals surface area contributed by atoms with E-state index in [1.54, 1.807) is 7.11 Å². The molecule has 0 heterocycles. The van der Waals surface area contributed by atoms with Gasteiger partial charge in [0.2, 0.25) is 0 Å². The van der Waals surface area contributed by atoms with E-state index in [1.165, 1.54) is 12.8 Å². The van der Waals surface area contributed by atoms with E-state index in [-0.39, 0.29) is 0 Å².